The lowest BCUT2D eigenvalue weighted by atomic mass is 10.0. The molecule has 2 aromatic rings. The second kappa shape index (κ2) is 6.08. The number of nitrogen functional groups attached to an aromatic ring is 2. The van der Waals surface area contributed by atoms with Gasteiger partial charge in [0.2, 0.25) is 5.95 Å². The maximum Gasteiger partial charge on any atom is 0.335 e. The van der Waals surface area contributed by atoms with Crippen molar-refractivity contribution in [2.75, 3.05) is 11.5 Å². The molecule has 0 aliphatic carbocycles. The van der Waals surface area contributed by atoms with Crippen molar-refractivity contribution in [2.24, 2.45) is 0 Å². The van der Waals surface area contributed by atoms with Gasteiger partial charge in [0.25, 0.3) is 5.56 Å². The molecule has 0 saturated heterocycles. The van der Waals surface area contributed by atoms with Gasteiger partial charge >= 0.3 is 5.97 Å². The Hall–Kier alpha value is -3.16. The number of nitrogens with zero attached hydrogens (tertiary/aromatic N) is 1. The zero-order chi connectivity index (χ0) is 16.3. The van der Waals surface area contributed by atoms with Crippen molar-refractivity contribution in [3.8, 4) is 0 Å². The molecule has 0 atom stereocenters. The first-order chi connectivity index (χ1) is 10.4. The minimum absolute atomic E-state index is 0.0469. The maximum absolute atomic E-state index is 12.1. The van der Waals surface area contributed by atoms with Crippen LogP contribution in [-0.2, 0) is 6.42 Å². The number of carboxylic acid groups (broad SMARTS) is 1. The molecule has 2 rings (SSSR count). The number of carbonyl (C=O) groups is 2. The molecule has 8 heteroatoms. The van der Waals surface area contributed by atoms with E-state index in [4.69, 9.17) is 16.6 Å². The average Bonchev–Trinajstić information content (AvgIpc) is 2.44. The van der Waals surface area contributed by atoms with E-state index >= 15 is 0 Å². The van der Waals surface area contributed by atoms with Gasteiger partial charge in [-0.25, -0.2) is 4.79 Å². The molecule has 0 saturated carbocycles. The number of carbonyl (C=O) groups excluding carboxylic acids is 1. The van der Waals surface area contributed by atoms with Gasteiger partial charge in [0.1, 0.15) is 11.4 Å². The van der Waals surface area contributed by atoms with E-state index in [-0.39, 0.29) is 29.3 Å². The minimum atomic E-state index is -1.02. The lowest BCUT2D eigenvalue weighted by molar-refractivity contribution is 0.0696. The first-order valence-corrected chi connectivity index (χ1v) is 6.39. The highest BCUT2D eigenvalue weighted by molar-refractivity contribution is 5.99. The van der Waals surface area contributed by atoms with Crippen LogP contribution in [0.5, 0.6) is 0 Å². The third kappa shape index (κ3) is 3.29. The highest BCUT2D eigenvalue weighted by atomic mass is 16.4. The van der Waals surface area contributed by atoms with Crippen LogP contribution in [0.2, 0.25) is 0 Å². The number of nitrogens with one attached hydrogen (secondary N) is 1. The van der Waals surface area contributed by atoms with Gasteiger partial charge in [-0.2, -0.15) is 4.98 Å². The first kappa shape index (κ1) is 15.2. The normalized spacial score (nSPS) is 10.4. The van der Waals surface area contributed by atoms with E-state index in [9.17, 15) is 14.4 Å². The molecule has 0 aliphatic rings. The van der Waals surface area contributed by atoms with Crippen LogP contribution in [0.25, 0.3) is 0 Å². The number of aryl methyl sites for hydroxylation is 1. The largest absolute Gasteiger partial charge is 0.478 e. The van der Waals surface area contributed by atoms with Gasteiger partial charge in [-0.1, -0.05) is 12.1 Å². The molecule has 0 amide bonds. The lowest BCUT2D eigenvalue weighted by Crippen LogP contribution is -2.23. The van der Waals surface area contributed by atoms with Crippen molar-refractivity contribution in [1.29, 1.82) is 0 Å². The Bertz CT molecular complexity index is 780. The molecule has 0 bridgehead atoms. The number of Topliss-reactive ketones (excluding diaryl/α,β-unsaturated/α-hetero) is 1. The number of anilines is 2. The highest BCUT2D eigenvalue weighted by Crippen LogP contribution is 2.11. The summed E-state index contributed by atoms with van der Waals surface area (Å²) < 4.78 is 0. The molecule has 0 spiro atoms. The summed E-state index contributed by atoms with van der Waals surface area (Å²) in [5, 5.41) is 8.80. The SMILES string of the molecule is Nc1nc(N)c(C(=O)CCc2ccc(C(=O)O)cc2)c(=O)[nH]1. The van der Waals surface area contributed by atoms with Crippen LogP contribution in [0, 0.1) is 0 Å². The van der Waals surface area contributed by atoms with Crippen LogP contribution in [-0.4, -0.2) is 26.8 Å². The molecule has 6 N–H and O–H groups in total. The topological polar surface area (TPSA) is 152 Å². The van der Waals surface area contributed by atoms with E-state index in [0.717, 1.165) is 5.56 Å². The molecular weight excluding hydrogens is 288 g/mol. The Morgan fingerprint density at radius 2 is 1.82 bits per heavy atom. The second-order valence-electron chi connectivity index (χ2n) is 4.64. The van der Waals surface area contributed by atoms with Crippen molar-refractivity contribution in [1.82, 2.24) is 9.97 Å². The van der Waals surface area contributed by atoms with E-state index in [1.165, 1.54) is 12.1 Å². The Labute approximate surface area is 124 Å². The number of carboxylic acids is 1. The summed E-state index contributed by atoms with van der Waals surface area (Å²) in [5.41, 5.74) is 10.9. The monoisotopic (exact) mass is 302 g/mol. The fourth-order valence-electron chi connectivity index (χ4n) is 1.98. The summed E-state index contributed by atoms with van der Waals surface area (Å²) >= 11 is 0. The van der Waals surface area contributed by atoms with E-state index in [1.54, 1.807) is 12.1 Å². The fraction of sp³-hybridized carbons (Fsp3) is 0.143. The summed E-state index contributed by atoms with van der Waals surface area (Å²) in [6, 6.07) is 6.14. The predicted molar refractivity (Wildman–Crippen MR) is 79.7 cm³/mol. The summed E-state index contributed by atoms with van der Waals surface area (Å²) in [4.78, 5) is 40.4. The molecule has 22 heavy (non-hydrogen) atoms. The number of aromatic nitrogens is 2. The molecule has 1 aromatic heterocycles. The third-order valence-corrected chi connectivity index (χ3v) is 3.09. The van der Waals surface area contributed by atoms with Gasteiger partial charge in [-0.3, -0.25) is 14.6 Å². The third-order valence-electron chi connectivity index (χ3n) is 3.09. The molecule has 0 radical (unpaired) electrons. The smallest absolute Gasteiger partial charge is 0.335 e. The number of nitrogens with two attached hydrogens (primary N) is 2. The summed E-state index contributed by atoms with van der Waals surface area (Å²) in [6.45, 7) is 0. The van der Waals surface area contributed by atoms with E-state index < -0.39 is 17.3 Å². The van der Waals surface area contributed by atoms with Crippen LogP contribution in [0.15, 0.2) is 29.1 Å². The number of rotatable bonds is 5. The molecule has 0 aliphatic heterocycles. The Morgan fingerprint density at radius 1 is 1.18 bits per heavy atom. The Morgan fingerprint density at radius 3 is 2.36 bits per heavy atom. The van der Waals surface area contributed by atoms with Gasteiger partial charge in [-0.05, 0) is 24.1 Å². The Kier molecular flexibility index (Phi) is 4.21. The number of ketones is 1. The highest BCUT2D eigenvalue weighted by Gasteiger charge is 2.16. The van der Waals surface area contributed by atoms with Gasteiger partial charge < -0.3 is 16.6 Å². The Balaban J connectivity index is 2.10. The fourth-order valence-corrected chi connectivity index (χ4v) is 1.98. The second-order valence-corrected chi connectivity index (χ2v) is 4.64. The molecule has 114 valence electrons. The maximum atomic E-state index is 12.1. The van der Waals surface area contributed by atoms with Crippen molar-refractivity contribution >= 4 is 23.5 Å². The van der Waals surface area contributed by atoms with Crippen molar-refractivity contribution in [3.05, 3.63) is 51.3 Å². The van der Waals surface area contributed by atoms with Crippen molar-refractivity contribution < 1.29 is 14.7 Å². The van der Waals surface area contributed by atoms with E-state index in [0.29, 0.717) is 6.42 Å². The van der Waals surface area contributed by atoms with Crippen LogP contribution in [0.1, 0.15) is 32.7 Å². The number of hydrogen-bond acceptors (Lipinski definition) is 6. The van der Waals surface area contributed by atoms with Gasteiger partial charge in [0.15, 0.2) is 5.78 Å². The first-order valence-electron chi connectivity index (χ1n) is 6.39. The molecule has 0 unspecified atom stereocenters. The standard InChI is InChI=1S/C14H14N4O4/c15-11-10(12(20)18-14(16)17-11)9(19)6-3-7-1-4-8(5-2-7)13(21)22/h1-2,4-5H,3,6H2,(H,21,22)(H5,15,16,17,18,20). The molecule has 1 aromatic carbocycles. The number of aromatic carboxylic acids is 1. The van der Waals surface area contributed by atoms with E-state index in [2.05, 4.69) is 9.97 Å². The summed E-state index contributed by atoms with van der Waals surface area (Å²) in [6.07, 6.45) is 0.396. The van der Waals surface area contributed by atoms with Crippen molar-refractivity contribution in [2.45, 2.75) is 12.8 Å². The van der Waals surface area contributed by atoms with Gasteiger partial charge in [0.05, 0.1) is 5.56 Å². The molecule has 8 nitrogen and oxygen atoms in total. The zero-order valence-electron chi connectivity index (χ0n) is 11.5. The number of aromatic amines is 1. The average molecular weight is 302 g/mol. The number of hydrogen-bond donors (Lipinski definition) is 4. The molecular formula is C14H14N4O4. The van der Waals surface area contributed by atoms with Gasteiger partial charge in [0, 0.05) is 6.42 Å². The zero-order valence-corrected chi connectivity index (χ0v) is 11.5. The summed E-state index contributed by atoms with van der Waals surface area (Å²) in [5.74, 6) is -1.82. The van der Waals surface area contributed by atoms with Crippen LogP contribution < -0.4 is 17.0 Å². The minimum Gasteiger partial charge on any atom is -0.478 e. The van der Waals surface area contributed by atoms with Crippen LogP contribution >= 0.6 is 0 Å². The quantitative estimate of drug-likeness (QED) is 0.585. The lowest BCUT2D eigenvalue weighted by Gasteiger charge is -2.05. The van der Waals surface area contributed by atoms with Crippen molar-refractivity contribution in [3.63, 3.8) is 0 Å². The number of benzene rings is 1. The molecule has 1 heterocycles. The predicted octanol–water partition coefficient (Wildman–Crippen LogP) is 0.448. The van der Waals surface area contributed by atoms with Crippen LogP contribution in [0.3, 0.4) is 0 Å². The number of H-pyrrole nitrogens is 1. The van der Waals surface area contributed by atoms with E-state index in [1.807, 2.05) is 0 Å². The summed E-state index contributed by atoms with van der Waals surface area (Å²) in [7, 11) is 0. The van der Waals surface area contributed by atoms with Gasteiger partial charge in [-0.15, -0.1) is 0 Å². The molecule has 0 fully saturated rings. The van der Waals surface area contributed by atoms with Crippen LogP contribution in [0.4, 0.5) is 11.8 Å².